The lowest BCUT2D eigenvalue weighted by molar-refractivity contribution is 1.15. The van der Waals surface area contributed by atoms with Crippen LogP contribution in [0.1, 0.15) is 17.0 Å². The van der Waals surface area contributed by atoms with E-state index in [0.717, 1.165) is 28.3 Å². The standard InChI is InChI=1S/C11H12ClN3/c1-7-3-8(2)13-6-10(7)11-14-5-9(4-12)15-11/h3,5-6H,4H2,1-2H3,(H,14,15). The highest BCUT2D eigenvalue weighted by Gasteiger charge is 2.06. The lowest BCUT2D eigenvalue weighted by Gasteiger charge is -2.02. The van der Waals surface area contributed by atoms with E-state index in [9.17, 15) is 0 Å². The number of pyridine rings is 1. The summed E-state index contributed by atoms with van der Waals surface area (Å²) in [5.74, 6) is 1.28. The van der Waals surface area contributed by atoms with E-state index in [1.165, 1.54) is 0 Å². The van der Waals surface area contributed by atoms with Crippen molar-refractivity contribution in [2.45, 2.75) is 19.7 Å². The van der Waals surface area contributed by atoms with E-state index in [2.05, 4.69) is 15.0 Å². The number of aryl methyl sites for hydroxylation is 2. The number of H-pyrrole nitrogens is 1. The Morgan fingerprint density at radius 2 is 2.07 bits per heavy atom. The molecule has 0 aliphatic heterocycles. The van der Waals surface area contributed by atoms with Gasteiger partial charge in [0.05, 0.1) is 5.88 Å². The molecule has 0 spiro atoms. The molecule has 2 aromatic rings. The topological polar surface area (TPSA) is 41.6 Å². The third-order valence-corrected chi connectivity index (χ3v) is 2.56. The predicted molar refractivity (Wildman–Crippen MR) is 60.8 cm³/mol. The van der Waals surface area contributed by atoms with Crippen molar-refractivity contribution in [1.29, 1.82) is 0 Å². The number of nitrogens with one attached hydrogen (secondary N) is 1. The van der Waals surface area contributed by atoms with Crippen LogP contribution in [0, 0.1) is 13.8 Å². The molecule has 0 radical (unpaired) electrons. The largest absolute Gasteiger partial charge is 0.341 e. The molecule has 0 saturated carbocycles. The number of halogens is 1. The van der Waals surface area contributed by atoms with E-state index in [1.54, 1.807) is 6.20 Å². The monoisotopic (exact) mass is 221 g/mol. The Morgan fingerprint density at radius 1 is 1.27 bits per heavy atom. The second-order valence-corrected chi connectivity index (χ2v) is 3.80. The number of alkyl halides is 1. The first-order valence-corrected chi connectivity index (χ1v) is 5.27. The molecule has 2 aromatic heterocycles. The van der Waals surface area contributed by atoms with Crippen molar-refractivity contribution in [3.05, 3.63) is 35.4 Å². The Bertz CT molecular complexity index is 476. The fourth-order valence-corrected chi connectivity index (χ4v) is 1.64. The molecule has 0 atom stereocenters. The lowest BCUT2D eigenvalue weighted by atomic mass is 10.1. The first-order chi connectivity index (χ1) is 7.20. The molecule has 0 fully saturated rings. The molecule has 78 valence electrons. The van der Waals surface area contributed by atoms with Crippen molar-refractivity contribution in [2.75, 3.05) is 0 Å². The molecule has 0 aliphatic carbocycles. The van der Waals surface area contributed by atoms with Crippen molar-refractivity contribution in [2.24, 2.45) is 0 Å². The highest BCUT2D eigenvalue weighted by Crippen LogP contribution is 2.20. The summed E-state index contributed by atoms with van der Waals surface area (Å²) in [7, 11) is 0. The van der Waals surface area contributed by atoms with Gasteiger partial charge in [0.1, 0.15) is 5.82 Å². The molecule has 15 heavy (non-hydrogen) atoms. The number of imidazole rings is 1. The van der Waals surface area contributed by atoms with Gasteiger partial charge >= 0.3 is 0 Å². The van der Waals surface area contributed by atoms with Gasteiger partial charge in [0.15, 0.2) is 0 Å². The molecule has 0 amide bonds. The molecule has 0 aromatic carbocycles. The van der Waals surface area contributed by atoms with Crippen LogP contribution in [0.3, 0.4) is 0 Å². The number of nitrogens with zero attached hydrogens (tertiary/aromatic N) is 2. The van der Waals surface area contributed by atoms with Gasteiger partial charge in [-0.1, -0.05) is 0 Å². The summed E-state index contributed by atoms with van der Waals surface area (Å²) in [5.41, 5.74) is 4.13. The van der Waals surface area contributed by atoms with Gasteiger partial charge in [-0.2, -0.15) is 0 Å². The Balaban J connectivity index is 2.44. The molecular weight excluding hydrogens is 210 g/mol. The fraction of sp³-hybridized carbons (Fsp3) is 0.273. The van der Waals surface area contributed by atoms with Gasteiger partial charge in [-0.25, -0.2) is 4.98 Å². The maximum Gasteiger partial charge on any atom is 0.139 e. The van der Waals surface area contributed by atoms with Crippen LogP contribution in [0.5, 0.6) is 0 Å². The molecule has 1 N–H and O–H groups in total. The first-order valence-electron chi connectivity index (χ1n) is 4.74. The van der Waals surface area contributed by atoms with Crippen molar-refractivity contribution in [3.63, 3.8) is 0 Å². The quantitative estimate of drug-likeness (QED) is 0.793. The normalized spacial score (nSPS) is 10.6. The average molecular weight is 222 g/mol. The second-order valence-electron chi connectivity index (χ2n) is 3.53. The Labute approximate surface area is 93.5 Å². The van der Waals surface area contributed by atoms with Crippen LogP contribution >= 0.6 is 11.6 Å². The van der Waals surface area contributed by atoms with Crippen LogP contribution < -0.4 is 0 Å². The lowest BCUT2D eigenvalue weighted by Crippen LogP contribution is -1.90. The van der Waals surface area contributed by atoms with Gasteiger partial charge in [-0.05, 0) is 25.5 Å². The zero-order valence-corrected chi connectivity index (χ0v) is 9.47. The van der Waals surface area contributed by atoms with Crippen LogP contribution in [0.15, 0.2) is 18.5 Å². The zero-order valence-electron chi connectivity index (χ0n) is 8.71. The summed E-state index contributed by atoms with van der Waals surface area (Å²) in [4.78, 5) is 11.7. The van der Waals surface area contributed by atoms with E-state index in [1.807, 2.05) is 26.1 Å². The van der Waals surface area contributed by atoms with Crippen molar-refractivity contribution in [1.82, 2.24) is 15.0 Å². The van der Waals surface area contributed by atoms with Gasteiger partial charge in [-0.3, -0.25) is 4.98 Å². The molecule has 2 heterocycles. The van der Waals surface area contributed by atoms with Gasteiger partial charge in [0, 0.05) is 29.3 Å². The number of hydrogen-bond acceptors (Lipinski definition) is 2. The number of aromatic nitrogens is 3. The van der Waals surface area contributed by atoms with Crippen molar-refractivity contribution in [3.8, 4) is 11.4 Å². The SMILES string of the molecule is Cc1cc(C)c(-c2ncc(CCl)[nH]2)cn1. The summed E-state index contributed by atoms with van der Waals surface area (Å²) in [6.07, 6.45) is 3.59. The maximum atomic E-state index is 5.71. The first kappa shape index (κ1) is 10.2. The van der Waals surface area contributed by atoms with Crippen molar-refractivity contribution < 1.29 is 0 Å². The number of hydrogen-bond donors (Lipinski definition) is 1. The molecule has 3 nitrogen and oxygen atoms in total. The van der Waals surface area contributed by atoms with Crippen LogP contribution in [0.2, 0.25) is 0 Å². The van der Waals surface area contributed by atoms with E-state index in [0.29, 0.717) is 5.88 Å². The van der Waals surface area contributed by atoms with Crippen LogP contribution in [-0.4, -0.2) is 15.0 Å². The minimum atomic E-state index is 0.450. The van der Waals surface area contributed by atoms with Crippen LogP contribution in [0.25, 0.3) is 11.4 Å². The highest BCUT2D eigenvalue weighted by molar-refractivity contribution is 6.16. The minimum absolute atomic E-state index is 0.450. The van der Waals surface area contributed by atoms with E-state index in [4.69, 9.17) is 11.6 Å². The molecular formula is C11H12ClN3. The maximum absolute atomic E-state index is 5.71. The molecule has 0 saturated heterocycles. The summed E-state index contributed by atoms with van der Waals surface area (Å²) < 4.78 is 0. The zero-order chi connectivity index (χ0) is 10.8. The summed E-state index contributed by atoms with van der Waals surface area (Å²) in [6.45, 7) is 4.02. The summed E-state index contributed by atoms with van der Waals surface area (Å²) >= 11 is 5.71. The number of aromatic amines is 1. The van der Waals surface area contributed by atoms with Gasteiger partial charge < -0.3 is 4.98 Å². The Morgan fingerprint density at radius 3 is 2.67 bits per heavy atom. The number of rotatable bonds is 2. The summed E-state index contributed by atoms with van der Waals surface area (Å²) in [6, 6.07) is 2.04. The Hall–Kier alpha value is -1.35. The van der Waals surface area contributed by atoms with Gasteiger partial charge in [0.2, 0.25) is 0 Å². The van der Waals surface area contributed by atoms with E-state index >= 15 is 0 Å². The second kappa shape index (κ2) is 4.03. The molecule has 0 unspecified atom stereocenters. The minimum Gasteiger partial charge on any atom is -0.341 e. The van der Waals surface area contributed by atoms with Crippen LogP contribution in [0.4, 0.5) is 0 Å². The molecule has 0 aliphatic rings. The third kappa shape index (κ3) is 2.02. The van der Waals surface area contributed by atoms with Crippen LogP contribution in [-0.2, 0) is 5.88 Å². The summed E-state index contributed by atoms with van der Waals surface area (Å²) in [5, 5.41) is 0. The molecule has 2 rings (SSSR count). The Kier molecular flexibility index (Phi) is 2.73. The van der Waals surface area contributed by atoms with Gasteiger partial charge in [0.25, 0.3) is 0 Å². The average Bonchev–Trinajstić information content (AvgIpc) is 2.66. The van der Waals surface area contributed by atoms with Gasteiger partial charge in [-0.15, -0.1) is 11.6 Å². The fourth-order valence-electron chi connectivity index (χ4n) is 1.51. The highest BCUT2D eigenvalue weighted by atomic mass is 35.5. The smallest absolute Gasteiger partial charge is 0.139 e. The van der Waals surface area contributed by atoms with E-state index in [-0.39, 0.29) is 0 Å². The predicted octanol–water partition coefficient (Wildman–Crippen LogP) is 2.83. The van der Waals surface area contributed by atoms with E-state index < -0.39 is 0 Å². The molecule has 0 bridgehead atoms. The molecule has 4 heteroatoms. The third-order valence-electron chi connectivity index (χ3n) is 2.28. The van der Waals surface area contributed by atoms with Crippen molar-refractivity contribution >= 4 is 11.6 Å².